The van der Waals surface area contributed by atoms with Crippen molar-refractivity contribution < 1.29 is 27.9 Å². The van der Waals surface area contributed by atoms with Gasteiger partial charge in [-0.2, -0.15) is 13.2 Å². The van der Waals surface area contributed by atoms with Gasteiger partial charge in [0.15, 0.2) is 0 Å². The average Bonchev–Trinajstić information content (AvgIpc) is 2.68. The number of halogens is 3. The van der Waals surface area contributed by atoms with Crippen LogP contribution in [0.4, 0.5) is 18.9 Å². The van der Waals surface area contributed by atoms with E-state index in [4.69, 9.17) is 5.11 Å². The van der Waals surface area contributed by atoms with E-state index in [9.17, 15) is 22.8 Å². The predicted molar refractivity (Wildman–Crippen MR) is 69.3 cm³/mol. The lowest BCUT2D eigenvalue weighted by molar-refractivity contribution is -0.137. The van der Waals surface area contributed by atoms with E-state index < -0.39 is 34.6 Å². The molecule has 1 aliphatic rings. The minimum Gasteiger partial charge on any atom is -0.478 e. The average molecular weight is 301 g/mol. The Balaban J connectivity index is 2.80. The standard InChI is InChI=1S/C14H14F3NO3/c1-3-13(4-2)9-6-7(14(15,16)17)5-8(11(19)20)10(9)18-12(13)21/h5-6H,3-4H2,1-2H3,(H,18,21)(H,19,20). The van der Waals surface area contributed by atoms with Crippen molar-refractivity contribution in [3.8, 4) is 0 Å². The third kappa shape index (κ3) is 2.16. The van der Waals surface area contributed by atoms with Crippen LogP contribution in [0.15, 0.2) is 12.1 Å². The molecule has 4 nitrogen and oxygen atoms in total. The zero-order valence-corrected chi connectivity index (χ0v) is 11.5. The van der Waals surface area contributed by atoms with Crippen molar-refractivity contribution in [2.24, 2.45) is 0 Å². The van der Waals surface area contributed by atoms with E-state index in [1.54, 1.807) is 13.8 Å². The molecule has 1 amide bonds. The number of carboxylic acid groups (broad SMARTS) is 1. The van der Waals surface area contributed by atoms with E-state index in [-0.39, 0.29) is 11.3 Å². The van der Waals surface area contributed by atoms with Gasteiger partial charge in [0.25, 0.3) is 0 Å². The largest absolute Gasteiger partial charge is 0.478 e. The molecule has 1 heterocycles. The summed E-state index contributed by atoms with van der Waals surface area (Å²) < 4.78 is 38.9. The number of carboxylic acids is 1. The van der Waals surface area contributed by atoms with Gasteiger partial charge in [-0.15, -0.1) is 0 Å². The zero-order chi connectivity index (χ0) is 16.0. The fourth-order valence-electron chi connectivity index (χ4n) is 2.79. The summed E-state index contributed by atoms with van der Waals surface area (Å²) in [7, 11) is 0. The van der Waals surface area contributed by atoms with Crippen molar-refractivity contribution in [3.05, 3.63) is 28.8 Å². The molecule has 0 unspecified atom stereocenters. The normalized spacial score (nSPS) is 16.5. The summed E-state index contributed by atoms with van der Waals surface area (Å²) in [4.78, 5) is 23.4. The summed E-state index contributed by atoms with van der Waals surface area (Å²) >= 11 is 0. The van der Waals surface area contributed by atoms with Crippen LogP contribution in [-0.2, 0) is 16.4 Å². The summed E-state index contributed by atoms with van der Waals surface area (Å²) in [6, 6.07) is 1.44. The lowest BCUT2D eigenvalue weighted by Gasteiger charge is -2.24. The second-order valence-corrected chi connectivity index (χ2v) is 4.99. The van der Waals surface area contributed by atoms with Gasteiger partial charge in [0.2, 0.25) is 5.91 Å². The summed E-state index contributed by atoms with van der Waals surface area (Å²) in [6.07, 6.45) is -4.08. The molecule has 114 valence electrons. The molecule has 0 aliphatic carbocycles. The van der Waals surface area contributed by atoms with Crippen LogP contribution >= 0.6 is 0 Å². The van der Waals surface area contributed by atoms with Crippen LogP contribution in [0.5, 0.6) is 0 Å². The molecule has 7 heteroatoms. The fourth-order valence-corrected chi connectivity index (χ4v) is 2.79. The number of benzene rings is 1. The number of carbonyl (C=O) groups is 2. The number of anilines is 1. The van der Waals surface area contributed by atoms with E-state index in [1.165, 1.54) is 0 Å². The molecular formula is C14H14F3NO3. The van der Waals surface area contributed by atoms with Gasteiger partial charge >= 0.3 is 12.1 Å². The number of carbonyl (C=O) groups excluding carboxylic acids is 1. The SMILES string of the molecule is CCC1(CC)C(=O)Nc2c(C(=O)O)cc(C(F)(F)F)cc21. The highest BCUT2D eigenvalue weighted by Gasteiger charge is 2.47. The minimum atomic E-state index is -4.67. The Morgan fingerprint density at radius 2 is 1.86 bits per heavy atom. The maximum Gasteiger partial charge on any atom is 0.416 e. The fraction of sp³-hybridized carbons (Fsp3) is 0.429. The first-order chi connectivity index (χ1) is 9.67. The van der Waals surface area contributed by atoms with E-state index in [0.29, 0.717) is 18.9 Å². The summed E-state index contributed by atoms with van der Waals surface area (Å²) in [5.74, 6) is -1.95. The maximum atomic E-state index is 13.0. The Bertz CT molecular complexity index is 619. The Morgan fingerprint density at radius 1 is 1.29 bits per heavy atom. The Kier molecular flexibility index (Phi) is 3.47. The first-order valence-electron chi connectivity index (χ1n) is 6.47. The van der Waals surface area contributed by atoms with Crippen LogP contribution in [0.2, 0.25) is 0 Å². The molecule has 2 N–H and O–H groups in total. The Morgan fingerprint density at radius 3 is 2.29 bits per heavy atom. The number of fused-ring (bicyclic) bond motifs is 1. The lowest BCUT2D eigenvalue weighted by Crippen LogP contribution is -2.33. The Hall–Kier alpha value is -2.05. The van der Waals surface area contributed by atoms with Gasteiger partial charge in [-0.3, -0.25) is 4.79 Å². The predicted octanol–water partition coefficient (Wildman–Crippen LogP) is 3.41. The summed E-state index contributed by atoms with van der Waals surface area (Å²) in [6.45, 7) is 3.39. The molecule has 0 bridgehead atoms. The van der Waals surface area contributed by atoms with E-state index >= 15 is 0 Å². The third-order valence-electron chi connectivity index (χ3n) is 4.09. The number of alkyl halides is 3. The van der Waals surface area contributed by atoms with Gasteiger partial charge in [-0.05, 0) is 30.5 Å². The molecular weight excluding hydrogens is 287 g/mol. The van der Waals surface area contributed by atoms with Crippen molar-refractivity contribution in [3.63, 3.8) is 0 Å². The number of aromatic carboxylic acids is 1. The molecule has 1 aliphatic heterocycles. The van der Waals surface area contributed by atoms with Crippen LogP contribution in [0.25, 0.3) is 0 Å². The van der Waals surface area contributed by atoms with Gasteiger partial charge in [0, 0.05) is 0 Å². The molecule has 0 fully saturated rings. The topological polar surface area (TPSA) is 66.4 Å². The molecule has 21 heavy (non-hydrogen) atoms. The molecule has 0 aromatic heterocycles. The molecule has 2 rings (SSSR count). The highest BCUT2D eigenvalue weighted by molar-refractivity contribution is 6.11. The lowest BCUT2D eigenvalue weighted by atomic mass is 9.76. The third-order valence-corrected chi connectivity index (χ3v) is 4.09. The highest BCUT2D eigenvalue weighted by Crippen LogP contribution is 2.46. The molecule has 0 saturated carbocycles. The van der Waals surface area contributed by atoms with Gasteiger partial charge in [-0.25, -0.2) is 4.79 Å². The summed E-state index contributed by atoms with van der Waals surface area (Å²) in [5.41, 5.74) is -2.60. The highest BCUT2D eigenvalue weighted by atomic mass is 19.4. The van der Waals surface area contributed by atoms with Gasteiger partial charge in [0.1, 0.15) is 0 Å². The minimum absolute atomic E-state index is 0.0239. The molecule has 0 saturated heterocycles. The number of rotatable bonds is 3. The van der Waals surface area contributed by atoms with E-state index in [1.807, 2.05) is 0 Å². The van der Waals surface area contributed by atoms with E-state index in [0.717, 1.165) is 6.07 Å². The quantitative estimate of drug-likeness (QED) is 0.899. The molecule has 0 spiro atoms. The van der Waals surface area contributed by atoms with Crippen molar-refractivity contribution in [1.82, 2.24) is 0 Å². The Labute approximate surface area is 119 Å². The zero-order valence-electron chi connectivity index (χ0n) is 11.5. The molecule has 0 atom stereocenters. The number of amides is 1. The van der Waals surface area contributed by atoms with Crippen LogP contribution in [0.1, 0.15) is 48.2 Å². The first-order valence-corrected chi connectivity index (χ1v) is 6.47. The number of hydrogen-bond acceptors (Lipinski definition) is 2. The van der Waals surface area contributed by atoms with Crippen molar-refractivity contribution in [2.45, 2.75) is 38.3 Å². The van der Waals surface area contributed by atoms with Gasteiger partial charge in [-0.1, -0.05) is 13.8 Å². The van der Waals surface area contributed by atoms with Crippen molar-refractivity contribution >= 4 is 17.6 Å². The monoisotopic (exact) mass is 301 g/mol. The second kappa shape index (κ2) is 4.75. The van der Waals surface area contributed by atoms with Crippen molar-refractivity contribution in [2.75, 3.05) is 5.32 Å². The maximum absolute atomic E-state index is 13.0. The molecule has 0 radical (unpaired) electrons. The van der Waals surface area contributed by atoms with Gasteiger partial charge in [0.05, 0.1) is 22.2 Å². The number of nitrogens with one attached hydrogen (secondary N) is 1. The smallest absolute Gasteiger partial charge is 0.416 e. The van der Waals surface area contributed by atoms with Crippen LogP contribution < -0.4 is 5.32 Å². The van der Waals surface area contributed by atoms with Crippen LogP contribution in [0, 0.1) is 0 Å². The van der Waals surface area contributed by atoms with Crippen LogP contribution in [0.3, 0.4) is 0 Å². The van der Waals surface area contributed by atoms with Crippen molar-refractivity contribution in [1.29, 1.82) is 0 Å². The van der Waals surface area contributed by atoms with Crippen LogP contribution in [-0.4, -0.2) is 17.0 Å². The van der Waals surface area contributed by atoms with Gasteiger partial charge < -0.3 is 10.4 Å². The van der Waals surface area contributed by atoms with E-state index in [2.05, 4.69) is 5.32 Å². The first kappa shape index (κ1) is 15.3. The molecule has 1 aromatic rings. The second-order valence-electron chi connectivity index (χ2n) is 4.99. The molecule has 1 aromatic carbocycles. The summed E-state index contributed by atoms with van der Waals surface area (Å²) in [5, 5.41) is 11.6. The number of hydrogen-bond donors (Lipinski definition) is 2.